The standard InChI is InChI=1S/C18H30/c1-18-11-4-7-17(18)16-9-8-13-5-2-3-6-14(13)15(16)10-12-18/h13-17H,2-12H2,1H3/t13?,14?,15?,16?,17-,18-/m1/s1. The smallest absolute Gasteiger partial charge is 0.0295 e. The van der Waals surface area contributed by atoms with Crippen LogP contribution in [0.1, 0.15) is 77.6 Å². The van der Waals surface area contributed by atoms with E-state index < -0.39 is 0 Å². The van der Waals surface area contributed by atoms with Gasteiger partial charge >= 0.3 is 0 Å². The third-order valence-corrected chi connectivity index (χ3v) is 7.66. The summed E-state index contributed by atoms with van der Waals surface area (Å²) >= 11 is 0. The third-order valence-electron chi connectivity index (χ3n) is 7.66. The van der Waals surface area contributed by atoms with Gasteiger partial charge < -0.3 is 0 Å². The average Bonchev–Trinajstić information content (AvgIpc) is 2.80. The van der Waals surface area contributed by atoms with Crippen LogP contribution in [0, 0.1) is 35.0 Å². The van der Waals surface area contributed by atoms with Crippen LogP contribution in [0.25, 0.3) is 0 Å². The molecule has 0 spiro atoms. The maximum absolute atomic E-state index is 2.63. The van der Waals surface area contributed by atoms with Gasteiger partial charge in [0.15, 0.2) is 0 Å². The van der Waals surface area contributed by atoms with Crippen molar-refractivity contribution in [3.05, 3.63) is 0 Å². The first-order chi connectivity index (χ1) is 8.78. The van der Waals surface area contributed by atoms with Crippen LogP contribution in [-0.4, -0.2) is 0 Å². The van der Waals surface area contributed by atoms with Crippen LogP contribution in [0.15, 0.2) is 0 Å². The highest BCUT2D eigenvalue weighted by Gasteiger charge is 2.52. The van der Waals surface area contributed by atoms with Gasteiger partial charge in [-0.2, -0.15) is 0 Å². The van der Waals surface area contributed by atoms with E-state index in [0.717, 1.165) is 35.0 Å². The van der Waals surface area contributed by atoms with Gasteiger partial charge in [0.25, 0.3) is 0 Å². The first kappa shape index (κ1) is 11.8. The van der Waals surface area contributed by atoms with Crippen molar-refractivity contribution in [1.82, 2.24) is 0 Å². The molecule has 0 nitrogen and oxygen atoms in total. The summed E-state index contributed by atoms with van der Waals surface area (Å²) in [4.78, 5) is 0. The summed E-state index contributed by atoms with van der Waals surface area (Å²) in [7, 11) is 0. The van der Waals surface area contributed by atoms with Crippen molar-refractivity contribution in [3.8, 4) is 0 Å². The average molecular weight is 246 g/mol. The van der Waals surface area contributed by atoms with E-state index in [1.54, 1.807) is 70.6 Å². The first-order valence-corrected chi connectivity index (χ1v) is 8.78. The molecule has 0 aromatic heterocycles. The second-order valence-corrected chi connectivity index (χ2v) is 8.30. The SMILES string of the molecule is C[C@]12CCC[C@@H]1C1CCC3CCCCC3C1CC2. The predicted octanol–water partition coefficient (Wildman–Crippen LogP) is 5.42. The van der Waals surface area contributed by atoms with Crippen molar-refractivity contribution in [2.45, 2.75) is 77.6 Å². The van der Waals surface area contributed by atoms with Crippen LogP contribution in [0.4, 0.5) is 0 Å². The van der Waals surface area contributed by atoms with Crippen LogP contribution in [0.2, 0.25) is 0 Å². The second-order valence-electron chi connectivity index (χ2n) is 8.30. The maximum atomic E-state index is 2.63. The molecule has 0 bridgehead atoms. The molecule has 0 saturated heterocycles. The highest BCUT2D eigenvalue weighted by molar-refractivity contribution is 5.02. The Kier molecular flexibility index (Phi) is 2.79. The molecule has 4 unspecified atom stereocenters. The van der Waals surface area contributed by atoms with Crippen LogP contribution in [-0.2, 0) is 0 Å². The second kappa shape index (κ2) is 4.25. The van der Waals surface area contributed by atoms with Gasteiger partial charge in [0.2, 0.25) is 0 Å². The molecule has 0 aromatic carbocycles. The highest BCUT2D eigenvalue weighted by Crippen LogP contribution is 2.62. The van der Waals surface area contributed by atoms with Crippen LogP contribution >= 0.6 is 0 Å². The van der Waals surface area contributed by atoms with Crippen molar-refractivity contribution < 1.29 is 0 Å². The third kappa shape index (κ3) is 1.63. The molecule has 4 aliphatic carbocycles. The maximum Gasteiger partial charge on any atom is -0.0295 e. The molecule has 6 atom stereocenters. The van der Waals surface area contributed by atoms with E-state index in [-0.39, 0.29) is 0 Å². The van der Waals surface area contributed by atoms with Gasteiger partial charge in [0.1, 0.15) is 0 Å². The van der Waals surface area contributed by atoms with E-state index in [1.165, 1.54) is 0 Å². The van der Waals surface area contributed by atoms with E-state index in [9.17, 15) is 0 Å². The first-order valence-electron chi connectivity index (χ1n) is 8.78. The molecule has 0 amide bonds. The number of hydrogen-bond acceptors (Lipinski definition) is 0. The molecule has 0 aliphatic heterocycles. The summed E-state index contributed by atoms with van der Waals surface area (Å²) in [5.74, 6) is 5.72. The summed E-state index contributed by atoms with van der Waals surface area (Å²) in [6.45, 7) is 2.63. The van der Waals surface area contributed by atoms with Gasteiger partial charge in [-0.3, -0.25) is 0 Å². The van der Waals surface area contributed by atoms with E-state index in [1.807, 2.05) is 0 Å². The molecule has 4 rings (SSSR count). The highest BCUT2D eigenvalue weighted by atomic mass is 14.6. The summed E-state index contributed by atoms with van der Waals surface area (Å²) < 4.78 is 0. The molecule has 0 radical (unpaired) electrons. The van der Waals surface area contributed by atoms with E-state index in [2.05, 4.69) is 6.92 Å². The van der Waals surface area contributed by atoms with Crippen molar-refractivity contribution in [1.29, 1.82) is 0 Å². The molecule has 18 heavy (non-hydrogen) atoms. The summed E-state index contributed by atoms with van der Waals surface area (Å²) in [5.41, 5.74) is 0.767. The van der Waals surface area contributed by atoms with Gasteiger partial charge in [0, 0.05) is 0 Å². The van der Waals surface area contributed by atoms with Crippen molar-refractivity contribution >= 4 is 0 Å². The molecule has 0 heteroatoms. The fourth-order valence-corrected chi connectivity index (χ4v) is 6.82. The Morgan fingerprint density at radius 1 is 0.667 bits per heavy atom. The minimum Gasteiger partial charge on any atom is -0.0594 e. The lowest BCUT2D eigenvalue weighted by Crippen LogP contribution is -2.46. The Balaban J connectivity index is 1.59. The quantitative estimate of drug-likeness (QED) is 0.535. The molecule has 4 saturated carbocycles. The van der Waals surface area contributed by atoms with Crippen LogP contribution in [0.3, 0.4) is 0 Å². The Hall–Kier alpha value is 0. The van der Waals surface area contributed by atoms with Gasteiger partial charge in [-0.25, -0.2) is 0 Å². The van der Waals surface area contributed by atoms with E-state index in [0.29, 0.717) is 0 Å². The lowest BCUT2D eigenvalue weighted by Gasteiger charge is -2.54. The minimum atomic E-state index is 0.767. The van der Waals surface area contributed by atoms with Gasteiger partial charge in [-0.05, 0) is 80.0 Å². The molecule has 0 aromatic rings. The Morgan fingerprint density at radius 3 is 2.50 bits per heavy atom. The van der Waals surface area contributed by atoms with E-state index >= 15 is 0 Å². The molecule has 102 valence electrons. The molecular weight excluding hydrogens is 216 g/mol. The zero-order valence-electron chi connectivity index (χ0n) is 12.2. The van der Waals surface area contributed by atoms with Crippen LogP contribution < -0.4 is 0 Å². The zero-order valence-corrected chi connectivity index (χ0v) is 12.2. The topological polar surface area (TPSA) is 0 Å². The number of fused-ring (bicyclic) bond motifs is 5. The molecule has 0 N–H and O–H groups in total. The van der Waals surface area contributed by atoms with Gasteiger partial charge in [-0.1, -0.05) is 32.6 Å². The van der Waals surface area contributed by atoms with Gasteiger partial charge in [-0.15, -0.1) is 0 Å². The largest absolute Gasteiger partial charge is 0.0594 e. The fraction of sp³-hybridized carbons (Fsp3) is 1.00. The molecule has 0 heterocycles. The van der Waals surface area contributed by atoms with Crippen molar-refractivity contribution in [2.24, 2.45) is 35.0 Å². The van der Waals surface area contributed by atoms with Crippen molar-refractivity contribution in [3.63, 3.8) is 0 Å². The van der Waals surface area contributed by atoms with E-state index in [4.69, 9.17) is 0 Å². The Morgan fingerprint density at radius 2 is 1.56 bits per heavy atom. The normalized spacial score (nSPS) is 55.5. The number of hydrogen-bond donors (Lipinski definition) is 0. The number of rotatable bonds is 0. The lowest BCUT2D eigenvalue weighted by molar-refractivity contribution is -0.0492. The molecule has 4 aliphatic rings. The monoisotopic (exact) mass is 246 g/mol. The summed E-state index contributed by atoms with van der Waals surface area (Å²) in [6.07, 6.45) is 17.3. The fourth-order valence-electron chi connectivity index (χ4n) is 6.82. The summed E-state index contributed by atoms with van der Waals surface area (Å²) in [5, 5.41) is 0. The van der Waals surface area contributed by atoms with Crippen molar-refractivity contribution in [2.75, 3.05) is 0 Å². The van der Waals surface area contributed by atoms with Gasteiger partial charge in [0.05, 0.1) is 0 Å². The predicted molar refractivity (Wildman–Crippen MR) is 76.3 cm³/mol. The molecular formula is C18H30. The Labute approximate surface area is 113 Å². The Bertz CT molecular complexity index is 320. The molecule has 4 fully saturated rings. The summed E-state index contributed by atoms with van der Waals surface area (Å²) in [6, 6.07) is 0. The van der Waals surface area contributed by atoms with Crippen LogP contribution in [0.5, 0.6) is 0 Å². The minimum absolute atomic E-state index is 0.767. The zero-order chi connectivity index (χ0) is 12.2. The lowest BCUT2D eigenvalue weighted by atomic mass is 9.51.